The van der Waals surface area contributed by atoms with Crippen LogP contribution in [0, 0.1) is 5.82 Å². The van der Waals surface area contributed by atoms with Gasteiger partial charge < -0.3 is 14.2 Å². The molecule has 144 valence electrons. The molecule has 0 bridgehead atoms. The second-order valence-electron chi connectivity index (χ2n) is 6.67. The summed E-state index contributed by atoms with van der Waals surface area (Å²) in [6.07, 6.45) is 0.0219. The van der Waals surface area contributed by atoms with Gasteiger partial charge in [0.15, 0.2) is 11.9 Å². The molecule has 0 N–H and O–H groups in total. The number of carbonyl (C=O) groups excluding carboxylic acids is 1. The molecule has 0 saturated carbocycles. The number of ether oxygens (including phenoxy) is 1. The molecule has 1 aromatic heterocycles. The summed E-state index contributed by atoms with van der Waals surface area (Å²) < 4.78 is 25.4. The van der Waals surface area contributed by atoms with Gasteiger partial charge in [-0.05, 0) is 61.9 Å². The second-order valence-corrected chi connectivity index (χ2v) is 7.58. The predicted octanol–water partition coefficient (Wildman–Crippen LogP) is 4.60. The fourth-order valence-electron chi connectivity index (χ4n) is 3.27. The van der Waals surface area contributed by atoms with Crippen LogP contribution in [-0.4, -0.2) is 28.6 Å². The molecule has 28 heavy (non-hydrogen) atoms. The summed E-state index contributed by atoms with van der Waals surface area (Å²) in [5.74, 6) is 0.886. The number of rotatable bonds is 4. The highest BCUT2D eigenvalue weighted by atomic mass is 79.9. The number of benzene rings is 2. The van der Waals surface area contributed by atoms with Gasteiger partial charge in [-0.25, -0.2) is 4.39 Å². The van der Waals surface area contributed by atoms with E-state index in [0.29, 0.717) is 31.0 Å². The van der Waals surface area contributed by atoms with Crippen molar-refractivity contribution in [2.75, 3.05) is 6.54 Å². The third kappa shape index (κ3) is 3.80. The first-order valence-corrected chi connectivity index (χ1v) is 9.75. The Morgan fingerprint density at radius 2 is 1.93 bits per heavy atom. The average Bonchev–Trinajstić information content (AvgIpc) is 3.13. The molecule has 1 unspecified atom stereocenters. The molecule has 1 aliphatic rings. The van der Waals surface area contributed by atoms with Crippen molar-refractivity contribution in [1.29, 1.82) is 0 Å². The number of hydrogen-bond acceptors (Lipinski definition) is 4. The maximum atomic E-state index is 13.2. The van der Waals surface area contributed by atoms with Crippen molar-refractivity contribution in [3.63, 3.8) is 0 Å². The minimum atomic E-state index is -0.605. The molecule has 0 spiro atoms. The van der Waals surface area contributed by atoms with E-state index in [1.54, 1.807) is 24.0 Å². The third-order valence-electron chi connectivity index (χ3n) is 4.73. The Kier molecular flexibility index (Phi) is 5.17. The Hall–Kier alpha value is -2.67. The molecule has 1 amide bonds. The number of carbonyl (C=O) groups is 1. The van der Waals surface area contributed by atoms with Crippen LogP contribution in [0.1, 0.15) is 18.2 Å². The lowest BCUT2D eigenvalue weighted by Gasteiger charge is -2.28. The van der Waals surface area contributed by atoms with Crippen LogP contribution in [-0.2, 0) is 17.8 Å². The number of nitrogens with zero attached hydrogens (tertiary/aromatic N) is 2. The van der Waals surface area contributed by atoms with E-state index in [1.807, 2.05) is 24.3 Å². The average molecular weight is 445 g/mol. The normalized spacial score (nSPS) is 14.5. The summed E-state index contributed by atoms with van der Waals surface area (Å²) in [7, 11) is 0. The summed E-state index contributed by atoms with van der Waals surface area (Å²) in [5, 5.41) is 4.13. The SMILES string of the molecule is CC(Oc1ccc(Br)cc1)C(=O)N1CCc2c(noc2-c2ccc(F)cc2)C1. The molecule has 7 heteroatoms. The number of amides is 1. The Morgan fingerprint density at radius 1 is 1.21 bits per heavy atom. The molecule has 0 aliphatic carbocycles. The second kappa shape index (κ2) is 7.75. The van der Waals surface area contributed by atoms with Gasteiger partial charge in [-0.1, -0.05) is 21.1 Å². The van der Waals surface area contributed by atoms with Gasteiger partial charge in [-0.15, -0.1) is 0 Å². The van der Waals surface area contributed by atoms with E-state index < -0.39 is 6.10 Å². The molecule has 1 aliphatic heterocycles. The predicted molar refractivity (Wildman–Crippen MR) is 105 cm³/mol. The van der Waals surface area contributed by atoms with Crippen molar-refractivity contribution in [3.05, 3.63) is 70.1 Å². The quantitative estimate of drug-likeness (QED) is 0.590. The van der Waals surface area contributed by atoms with E-state index >= 15 is 0 Å². The molecular weight excluding hydrogens is 427 g/mol. The fraction of sp³-hybridized carbons (Fsp3) is 0.238. The van der Waals surface area contributed by atoms with Gasteiger partial charge in [0.25, 0.3) is 5.91 Å². The molecule has 5 nitrogen and oxygen atoms in total. The van der Waals surface area contributed by atoms with Crippen LogP contribution in [0.25, 0.3) is 11.3 Å². The minimum Gasteiger partial charge on any atom is -0.481 e. The molecule has 2 heterocycles. The van der Waals surface area contributed by atoms with Gasteiger partial charge >= 0.3 is 0 Å². The lowest BCUT2D eigenvalue weighted by Crippen LogP contribution is -2.43. The Labute approximate surface area is 170 Å². The van der Waals surface area contributed by atoms with Gasteiger partial charge in [0.05, 0.1) is 6.54 Å². The topological polar surface area (TPSA) is 55.6 Å². The maximum absolute atomic E-state index is 13.2. The van der Waals surface area contributed by atoms with Gasteiger partial charge in [0.1, 0.15) is 17.3 Å². The van der Waals surface area contributed by atoms with Gasteiger partial charge in [0.2, 0.25) is 0 Å². The number of aromatic nitrogens is 1. The molecular formula is C21H18BrFN2O3. The minimum absolute atomic E-state index is 0.0973. The zero-order valence-electron chi connectivity index (χ0n) is 15.2. The lowest BCUT2D eigenvalue weighted by atomic mass is 10.0. The Morgan fingerprint density at radius 3 is 2.64 bits per heavy atom. The Bertz CT molecular complexity index is 986. The third-order valence-corrected chi connectivity index (χ3v) is 5.26. The number of fused-ring (bicyclic) bond motifs is 1. The van der Waals surface area contributed by atoms with E-state index in [2.05, 4.69) is 21.1 Å². The molecule has 3 aromatic rings. The van der Waals surface area contributed by atoms with Crippen LogP contribution in [0.3, 0.4) is 0 Å². The zero-order valence-corrected chi connectivity index (χ0v) is 16.8. The van der Waals surface area contributed by atoms with Crippen LogP contribution in [0.2, 0.25) is 0 Å². The van der Waals surface area contributed by atoms with Crippen LogP contribution >= 0.6 is 15.9 Å². The van der Waals surface area contributed by atoms with Crippen molar-refractivity contribution >= 4 is 21.8 Å². The molecule has 0 radical (unpaired) electrons. The monoisotopic (exact) mass is 444 g/mol. The molecule has 4 rings (SSSR count). The molecule has 2 aromatic carbocycles. The lowest BCUT2D eigenvalue weighted by molar-refractivity contribution is -0.139. The highest BCUT2D eigenvalue weighted by molar-refractivity contribution is 9.10. The summed E-state index contributed by atoms with van der Waals surface area (Å²) >= 11 is 3.38. The van der Waals surface area contributed by atoms with Crippen molar-refractivity contribution in [1.82, 2.24) is 10.1 Å². The number of hydrogen-bond donors (Lipinski definition) is 0. The van der Waals surface area contributed by atoms with Crippen molar-refractivity contribution in [3.8, 4) is 17.1 Å². The fourth-order valence-corrected chi connectivity index (χ4v) is 3.54. The van der Waals surface area contributed by atoms with E-state index in [0.717, 1.165) is 21.3 Å². The van der Waals surface area contributed by atoms with E-state index in [9.17, 15) is 9.18 Å². The number of halogens is 2. The summed E-state index contributed by atoms with van der Waals surface area (Å²) in [6, 6.07) is 13.5. The Balaban J connectivity index is 1.45. The van der Waals surface area contributed by atoms with Crippen LogP contribution in [0.5, 0.6) is 5.75 Å². The summed E-state index contributed by atoms with van der Waals surface area (Å²) in [4.78, 5) is 14.5. The van der Waals surface area contributed by atoms with Gasteiger partial charge in [-0.2, -0.15) is 0 Å². The van der Waals surface area contributed by atoms with Crippen molar-refractivity contribution in [2.45, 2.75) is 26.0 Å². The highest BCUT2D eigenvalue weighted by Gasteiger charge is 2.30. The van der Waals surface area contributed by atoms with Gasteiger partial charge in [0, 0.05) is 22.1 Å². The molecule has 0 fully saturated rings. The maximum Gasteiger partial charge on any atom is 0.263 e. The standard InChI is InChI=1S/C21H18BrFN2O3/c1-13(27-17-8-4-15(22)5-9-17)21(26)25-11-10-18-19(12-25)24-28-20(18)14-2-6-16(23)7-3-14/h2-9,13H,10-12H2,1H3. The first kappa shape index (κ1) is 18.7. The summed E-state index contributed by atoms with van der Waals surface area (Å²) in [5.41, 5.74) is 2.48. The largest absolute Gasteiger partial charge is 0.481 e. The molecule has 0 saturated heterocycles. The first-order valence-electron chi connectivity index (χ1n) is 8.95. The molecule has 1 atom stereocenters. The highest BCUT2D eigenvalue weighted by Crippen LogP contribution is 2.30. The summed E-state index contributed by atoms with van der Waals surface area (Å²) in [6.45, 7) is 2.66. The van der Waals surface area contributed by atoms with Gasteiger partial charge in [-0.3, -0.25) is 4.79 Å². The van der Waals surface area contributed by atoms with E-state index in [4.69, 9.17) is 9.26 Å². The van der Waals surface area contributed by atoms with Crippen molar-refractivity contribution < 1.29 is 18.4 Å². The first-order chi connectivity index (χ1) is 13.5. The van der Waals surface area contributed by atoms with Crippen LogP contribution in [0.4, 0.5) is 4.39 Å². The van der Waals surface area contributed by atoms with E-state index in [1.165, 1.54) is 12.1 Å². The smallest absolute Gasteiger partial charge is 0.263 e. The van der Waals surface area contributed by atoms with Crippen LogP contribution < -0.4 is 4.74 Å². The van der Waals surface area contributed by atoms with Crippen molar-refractivity contribution in [2.24, 2.45) is 0 Å². The van der Waals surface area contributed by atoms with Crippen LogP contribution in [0.15, 0.2) is 57.5 Å². The zero-order chi connectivity index (χ0) is 19.7. The van der Waals surface area contributed by atoms with E-state index in [-0.39, 0.29) is 11.7 Å².